The molecular weight excluding hydrogens is 326 g/mol. The quantitative estimate of drug-likeness (QED) is 0.798. The summed E-state index contributed by atoms with van der Waals surface area (Å²) in [4.78, 5) is 15.7. The van der Waals surface area contributed by atoms with Crippen LogP contribution in [0.1, 0.15) is 20.8 Å². The standard InChI is InChI=1S/C10H12ClIN2O/c1-10(2,3)9(15)14-8-4-6(11)7(12)5-13-8/h4-5H,1-3H3,(H,13,14,15). The molecule has 0 bridgehead atoms. The van der Waals surface area contributed by atoms with Crippen LogP contribution in [0.15, 0.2) is 12.3 Å². The van der Waals surface area contributed by atoms with E-state index < -0.39 is 5.41 Å². The number of nitrogens with zero attached hydrogens (tertiary/aromatic N) is 1. The lowest BCUT2D eigenvalue weighted by Crippen LogP contribution is -2.28. The van der Waals surface area contributed by atoms with Crippen LogP contribution in [0.25, 0.3) is 0 Å². The Morgan fingerprint density at radius 3 is 2.60 bits per heavy atom. The van der Waals surface area contributed by atoms with E-state index in [0.717, 1.165) is 3.57 Å². The van der Waals surface area contributed by atoms with E-state index in [9.17, 15) is 4.79 Å². The summed E-state index contributed by atoms with van der Waals surface area (Å²) in [7, 11) is 0. The molecule has 0 saturated carbocycles. The molecule has 0 spiro atoms. The van der Waals surface area contributed by atoms with Gasteiger partial charge in [0.05, 0.1) is 8.59 Å². The van der Waals surface area contributed by atoms with Gasteiger partial charge in [-0.15, -0.1) is 0 Å². The Labute approximate surface area is 108 Å². The zero-order chi connectivity index (χ0) is 11.6. The topological polar surface area (TPSA) is 42.0 Å². The van der Waals surface area contributed by atoms with Gasteiger partial charge in [0.15, 0.2) is 0 Å². The summed E-state index contributed by atoms with van der Waals surface area (Å²) < 4.78 is 0.864. The van der Waals surface area contributed by atoms with Crippen molar-refractivity contribution in [2.24, 2.45) is 5.41 Å². The highest BCUT2D eigenvalue weighted by Crippen LogP contribution is 2.21. The zero-order valence-electron chi connectivity index (χ0n) is 8.77. The van der Waals surface area contributed by atoms with E-state index in [1.54, 1.807) is 12.3 Å². The van der Waals surface area contributed by atoms with E-state index in [2.05, 4.69) is 32.9 Å². The number of hydrogen-bond acceptors (Lipinski definition) is 2. The van der Waals surface area contributed by atoms with E-state index in [1.807, 2.05) is 20.8 Å². The number of aromatic nitrogens is 1. The normalized spacial score (nSPS) is 11.3. The molecule has 0 fully saturated rings. The molecule has 82 valence electrons. The van der Waals surface area contributed by atoms with Crippen LogP contribution < -0.4 is 5.32 Å². The Morgan fingerprint density at radius 1 is 1.53 bits per heavy atom. The SMILES string of the molecule is CC(C)(C)C(=O)Nc1cc(Cl)c(I)cn1. The molecule has 5 heteroatoms. The number of carbonyl (C=O) groups is 1. The molecule has 3 nitrogen and oxygen atoms in total. The number of hydrogen-bond donors (Lipinski definition) is 1. The first-order valence-electron chi connectivity index (χ1n) is 4.43. The molecular formula is C10H12ClIN2O. The molecule has 1 rings (SSSR count). The number of carbonyl (C=O) groups excluding carboxylic acids is 1. The Bertz CT molecular complexity index is 387. The Hall–Kier alpha value is -0.360. The number of pyridine rings is 1. The van der Waals surface area contributed by atoms with Crippen LogP contribution in [-0.4, -0.2) is 10.9 Å². The van der Waals surface area contributed by atoms with Crippen LogP contribution in [0.4, 0.5) is 5.82 Å². The van der Waals surface area contributed by atoms with Crippen molar-refractivity contribution in [1.82, 2.24) is 4.98 Å². The highest BCUT2D eigenvalue weighted by Gasteiger charge is 2.21. The Balaban J connectivity index is 2.83. The predicted molar refractivity (Wildman–Crippen MR) is 70.0 cm³/mol. The molecule has 0 aliphatic heterocycles. The fourth-order valence-corrected chi connectivity index (χ4v) is 1.23. The van der Waals surface area contributed by atoms with E-state index >= 15 is 0 Å². The first-order valence-corrected chi connectivity index (χ1v) is 5.89. The van der Waals surface area contributed by atoms with Crippen molar-refractivity contribution in [2.45, 2.75) is 20.8 Å². The van der Waals surface area contributed by atoms with Gasteiger partial charge in [0.25, 0.3) is 0 Å². The average molecular weight is 339 g/mol. The van der Waals surface area contributed by atoms with E-state index in [1.165, 1.54) is 0 Å². The van der Waals surface area contributed by atoms with Crippen molar-refractivity contribution >= 4 is 45.9 Å². The van der Waals surface area contributed by atoms with Gasteiger partial charge in [-0.1, -0.05) is 32.4 Å². The third-order valence-electron chi connectivity index (χ3n) is 1.73. The zero-order valence-corrected chi connectivity index (χ0v) is 11.7. The lowest BCUT2D eigenvalue weighted by molar-refractivity contribution is -0.123. The van der Waals surface area contributed by atoms with Crippen LogP contribution in [0, 0.1) is 8.99 Å². The monoisotopic (exact) mass is 338 g/mol. The molecule has 0 aliphatic carbocycles. The van der Waals surface area contributed by atoms with Gasteiger partial charge in [0.2, 0.25) is 5.91 Å². The lowest BCUT2D eigenvalue weighted by atomic mass is 9.96. The third kappa shape index (κ3) is 3.61. The molecule has 0 aromatic carbocycles. The smallest absolute Gasteiger partial charge is 0.230 e. The van der Waals surface area contributed by atoms with Crippen molar-refractivity contribution < 1.29 is 4.79 Å². The Morgan fingerprint density at radius 2 is 2.13 bits per heavy atom. The lowest BCUT2D eigenvalue weighted by Gasteiger charge is -2.17. The molecule has 15 heavy (non-hydrogen) atoms. The van der Waals surface area contributed by atoms with Gasteiger partial charge in [0.1, 0.15) is 5.82 Å². The summed E-state index contributed by atoms with van der Waals surface area (Å²) in [5.41, 5.74) is -0.433. The molecule has 0 atom stereocenters. The largest absolute Gasteiger partial charge is 0.310 e. The van der Waals surface area contributed by atoms with Crippen LogP contribution in [0.3, 0.4) is 0 Å². The highest BCUT2D eigenvalue weighted by molar-refractivity contribution is 14.1. The number of halogens is 2. The minimum Gasteiger partial charge on any atom is -0.310 e. The molecule has 1 aromatic rings. The van der Waals surface area contributed by atoms with Crippen LogP contribution >= 0.6 is 34.2 Å². The third-order valence-corrected chi connectivity index (χ3v) is 3.22. The average Bonchev–Trinajstić information content (AvgIpc) is 2.10. The van der Waals surface area contributed by atoms with Crippen molar-refractivity contribution in [1.29, 1.82) is 0 Å². The number of amides is 1. The summed E-state index contributed by atoms with van der Waals surface area (Å²) >= 11 is 8.00. The second kappa shape index (κ2) is 4.65. The highest BCUT2D eigenvalue weighted by atomic mass is 127. The molecule has 0 unspecified atom stereocenters. The Kier molecular flexibility index (Phi) is 3.94. The van der Waals surface area contributed by atoms with Gasteiger partial charge in [-0.05, 0) is 22.6 Å². The first-order chi connectivity index (χ1) is 6.80. The van der Waals surface area contributed by atoms with Gasteiger partial charge < -0.3 is 5.32 Å². The summed E-state index contributed by atoms with van der Waals surface area (Å²) in [6.07, 6.45) is 1.63. The predicted octanol–water partition coefficient (Wildman–Crippen LogP) is 3.32. The molecule has 1 aromatic heterocycles. The van der Waals surface area contributed by atoms with Crippen LogP contribution in [-0.2, 0) is 4.79 Å². The van der Waals surface area contributed by atoms with E-state index in [-0.39, 0.29) is 5.91 Å². The van der Waals surface area contributed by atoms with Gasteiger partial charge in [-0.3, -0.25) is 4.79 Å². The van der Waals surface area contributed by atoms with Crippen LogP contribution in [0.2, 0.25) is 5.02 Å². The minimum atomic E-state index is -0.433. The minimum absolute atomic E-state index is 0.0766. The summed E-state index contributed by atoms with van der Waals surface area (Å²) in [6, 6.07) is 1.65. The summed E-state index contributed by atoms with van der Waals surface area (Å²) in [5, 5.41) is 3.30. The second-order valence-electron chi connectivity index (χ2n) is 4.19. The van der Waals surface area contributed by atoms with E-state index in [0.29, 0.717) is 10.8 Å². The second-order valence-corrected chi connectivity index (χ2v) is 5.76. The van der Waals surface area contributed by atoms with Gasteiger partial charge in [-0.25, -0.2) is 4.98 Å². The first kappa shape index (κ1) is 12.7. The van der Waals surface area contributed by atoms with Crippen LogP contribution in [0.5, 0.6) is 0 Å². The maximum Gasteiger partial charge on any atom is 0.230 e. The maximum atomic E-state index is 11.6. The number of nitrogens with one attached hydrogen (secondary N) is 1. The number of anilines is 1. The van der Waals surface area contributed by atoms with Gasteiger partial charge in [-0.2, -0.15) is 0 Å². The molecule has 0 radical (unpaired) electrons. The van der Waals surface area contributed by atoms with Crippen molar-refractivity contribution in [3.8, 4) is 0 Å². The maximum absolute atomic E-state index is 11.6. The van der Waals surface area contributed by atoms with Gasteiger partial charge in [0, 0.05) is 17.7 Å². The summed E-state index contributed by atoms with van der Waals surface area (Å²) in [5.74, 6) is 0.410. The molecule has 0 aliphatic rings. The molecule has 1 amide bonds. The molecule has 0 saturated heterocycles. The van der Waals surface area contributed by atoms with Crippen molar-refractivity contribution in [2.75, 3.05) is 5.32 Å². The fourth-order valence-electron chi connectivity index (χ4n) is 0.786. The molecule has 1 N–H and O–H groups in total. The summed E-state index contributed by atoms with van der Waals surface area (Å²) in [6.45, 7) is 5.53. The van der Waals surface area contributed by atoms with Gasteiger partial charge >= 0.3 is 0 Å². The fraction of sp³-hybridized carbons (Fsp3) is 0.400. The van der Waals surface area contributed by atoms with E-state index in [4.69, 9.17) is 11.6 Å². The van der Waals surface area contributed by atoms with Crippen molar-refractivity contribution in [3.05, 3.63) is 20.9 Å². The van der Waals surface area contributed by atoms with Crippen molar-refractivity contribution in [3.63, 3.8) is 0 Å². The number of rotatable bonds is 1. The molecule has 1 heterocycles.